The Morgan fingerprint density at radius 3 is 2.78 bits per heavy atom. The van der Waals surface area contributed by atoms with Crippen LogP contribution in [0.2, 0.25) is 0 Å². The quantitative estimate of drug-likeness (QED) is 0.325. The van der Waals surface area contributed by atoms with Gasteiger partial charge in [-0.3, -0.25) is 10.2 Å². The molecule has 12 heteroatoms. The van der Waals surface area contributed by atoms with Gasteiger partial charge in [0.15, 0.2) is 11.6 Å². The number of ether oxygens (including phenoxy) is 2. The molecule has 1 aromatic heterocycles. The zero-order chi connectivity index (χ0) is 20.0. The minimum absolute atomic E-state index is 0.0716. The number of nitrogens with zero attached hydrogens (tertiary/aromatic N) is 2. The maximum Gasteiger partial charge on any atom is 0.573 e. The summed E-state index contributed by atoms with van der Waals surface area (Å²) in [6, 6.07) is 1.14. The van der Waals surface area contributed by atoms with Crippen molar-refractivity contribution < 1.29 is 36.2 Å². The summed E-state index contributed by atoms with van der Waals surface area (Å²) in [5, 5.41) is 5.25. The molecule has 0 saturated heterocycles. The highest BCUT2D eigenvalue weighted by Gasteiger charge is 2.33. The first-order valence-corrected chi connectivity index (χ1v) is 8.20. The summed E-state index contributed by atoms with van der Waals surface area (Å²) in [6.07, 6.45) is -4.53. The zero-order valence-corrected chi connectivity index (χ0v) is 14.5. The maximum atomic E-state index is 13.8. The van der Waals surface area contributed by atoms with Gasteiger partial charge < -0.3 is 9.47 Å². The number of hydrogen-bond donors (Lipinski definition) is 1. The van der Waals surface area contributed by atoms with Crippen molar-refractivity contribution in [2.75, 3.05) is 12.0 Å². The smallest absolute Gasteiger partial charge is 0.466 e. The fraction of sp³-hybridized carbons (Fsp3) is 0.267. The molecule has 0 aliphatic carbocycles. The number of hydrogen-bond acceptors (Lipinski definition) is 7. The topological polar surface area (TPSA) is 72.8 Å². The van der Waals surface area contributed by atoms with E-state index in [1.807, 2.05) is 0 Å². The Morgan fingerprint density at radius 2 is 2.11 bits per heavy atom. The van der Waals surface area contributed by atoms with Crippen molar-refractivity contribution in [3.05, 3.63) is 40.4 Å². The summed E-state index contributed by atoms with van der Waals surface area (Å²) in [7, 11) is 0. The first kappa shape index (κ1) is 20.6. The molecule has 0 saturated carbocycles. The molecule has 1 aromatic carbocycles. The number of halogens is 5. The van der Waals surface area contributed by atoms with Crippen molar-refractivity contribution in [3.63, 3.8) is 0 Å². The van der Waals surface area contributed by atoms with Gasteiger partial charge in [0.05, 0.1) is 30.5 Å². The number of carbonyl (C=O) groups is 1. The van der Waals surface area contributed by atoms with Crippen LogP contribution >= 0.6 is 11.3 Å². The summed E-state index contributed by atoms with van der Waals surface area (Å²) >= 11 is 1.04. The highest BCUT2D eigenvalue weighted by molar-refractivity contribution is 7.13. The van der Waals surface area contributed by atoms with E-state index in [1.165, 1.54) is 5.38 Å². The van der Waals surface area contributed by atoms with Gasteiger partial charge in [-0.1, -0.05) is 0 Å². The summed E-state index contributed by atoms with van der Waals surface area (Å²) in [5.41, 5.74) is 1.91. The van der Waals surface area contributed by atoms with Gasteiger partial charge in [0.25, 0.3) is 0 Å². The fourth-order valence-corrected chi connectivity index (χ4v) is 2.49. The molecule has 0 fully saturated rings. The van der Waals surface area contributed by atoms with Gasteiger partial charge in [-0.25, -0.2) is 13.8 Å². The number of nitrogens with one attached hydrogen (secondary N) is 1. The molecule has 1 heterocycles. The van der Waals surface area contributed by atoms with Crippen LogP contribution in [0.3, 0.4) is 0 Å². The number of rotatable bonds is 7. The zero-order valence-electron chi connectivity index (χ0n) is 13.6. The van der Waals surface area contributed by atoms with E-state index in [4.69, 9.17) is 4.74 Å². The molecule has 0 atom stereocenters. The van der Waals surface area contributed by atoms with Gasteiger partial charge in [0, 0.05) is 5.38 Å². The van der Waals surface area contributed by atoms with Crippen molar-refractivity contribution >= 4 is 28.7 Å². The highest BCUT2D eigenvalue weighted by atomic mass is 32.1. The largest absolute Gasteiger partial charge is 0.573 e. The molecule has 0 amide bonds. The monoisotopic (exact) mass is 409 g/mol. The Labute approximate surface area is 153 Å². The van der Waals surface area contributed by atoms with E-state index in [-0.39, 0.29) is 18.2 Å². The standard InChI is InChI=1S/C15H12F5N3O3S/c1-2-25-12(24)5-8-7-27-14(22-8)23-21-6-9-11(26-15(18,19)20)4-3-10(16)13(9)17/h3-4,6-7H,2,5H2,1H3,(H,22,23). The molecule has 0 aliphatic rings. The summed E-state index contributed by atoms with van der Waals surface area (Å²) in [6.45, 7) is 1.88. The summed E-state index contributed by atoms with van der Waals surface area (Å²) in [5.74, 6) is -4.34. The fourth-order valence-electron chi connectivity index (χ4n) is 1.83. The Kier molecular flexibility index (Phi) is 6.66. The van der Waals surface area contributed by atoms with Crippen LogP contribution in [0.15, 0.2) is 22.6 Å². The average Bonchev–Trinajstić information content (AvgIpc) is 3.00. The highest BCUT2D eigenvalue weighted by Crippen LogP contribution is 2.28. The predicted molar refractivity (Wildman–Crippen MR) is 86.7 cm³/mol. The van der Waals surface area contributed by atoms with Gasteiger partial charge >= 0.3 is 12.3 Å². The van der Waals surface area contributed by atoms with Crippen molar-refractivity contribution in [3.8, 4) is 5.75 Å². The predicted octanol–water partition coefficient (Wildman–Crippen LogP) is 3.87. The normalized spacial score (nSPS) is 11.6. The molecule has 1 N–H and O–H groups in total. The molecule has 2 aromatic rings. The molecular formula is C15H12F5N3O3S. The Morgan fingerprint density at radius 1 is 1.37 bits per heavy atom. The van der Waals surface area contributed by atoms with Crippen molar-refractivity contribution in [2.24, 2.45) is 5.10 Å². The van der Waals surface area contributed by atoms with Crippen LogP contribution in [-0.2, 0) is 16.0 Å². The SMILES string of the molecule is CCOC(=O)Cc1csc(NN=Cc2c(OC(F)(F)F)ccc(F)c2F)n1. The third-order valence-electron chi connectivity index (χ3n) is 2.85. The minimum atomic E-state index is -5.09. The number of aromatic nitrogens is 1. The molecule has 6 nitrogen and oxygen atoms in total. The number of anilines is 1. The van der Waals surface area contributed by atoms with Crippen LogP contribution in [0.25, 0.3) is 0 Å². The van der Waals surface area contributed by atoms with Crippen LogP contribution in [0.1, 0.15) is 18.2 Å². The third-order valence-corrected chi connectivity index (χ3v) is 3.65. The van der Waals surface area contributed by atoms with Gasteiger partial charge in [-0.15, -0.1) is 24.5 Å². The molecule has 0 unspecified atom stereocenters. The van der Waals surface area contributed by atoms with Crippen LogP contribution in [0.5, 0.6) is 5.75 Å². The number of benzene rings is 1. The van der Waals surface area contributed by atoms with Gasteiger partial charge in [-0.05, 0) is 19.1 Å². The van der Waals surface area contributed by atoms with Gasteiger partial charge in [-0.2, -0.15) is 5.10 Å². The van der Waals surface area contributed by atoms with E-state index in [0.717, 1.165) is 11.3 Å². The number of alkyl halides is 3. The molecular weight excluding hydrogens is 397 g/mol. The van der Waals surface area contributed by atoms with Crippen molar-refractivity contribution in [1.82, 2.24) is 4.98 Å². The number of hydrazone groups is 1. The Hall–Kier alpha value is -2.76. The first-order chi connectivity index (χ1) is 12.7. The van der Waals surface area contributed by atoms with E-state index in [2.05, 4.69) is 20.2 Å². The Bertz CT molecular complexity index is 839. The molecule has 146 valence electrons. The lowest BCUT2D eigenvalue weighted by molar-refractivity contribution is -0.274. The van der Waals surface area contributed by atoms with Crippen LogP contribution in [-0.4, -0.2) is 30.1 Å². The van der Waals surface area contributed by atoms with E-state index in [9.17, 15) is 26.7 Å². The molecule has 2 rings (SSSR count). The molecule has 27 heavy (non-hydrogen) atoms. The molecule has 0 radical (unpaired) electrons. The second kappa shape index (κ2) is 8.75. The van der Waals surface area contributed by atoms with Crippen LogP contribution < -0.4 is 10.2 Å². The number of carbonyl (C=O) groups excluding carboxylic acids is 1. The third kappa shape index (κ3) is 6.16. The summed E-state index contributed by atoms with van der Waals surface area (Å²) < 4.78 is 72.5. The van der Waals surface area contributed by atoms with Gasteiger partial charge in [0.2, 0.25) is 5.13 Å². The van der Waals surface area contributed by atoms with Gasteiger partial charge in [0.1, 0.15) is 5.75 Å². The van der Waals surface area contributed by atoms with Crippen LogP contribution in [0.4, 0.5) is 27.1 Å². The lowest BCUT2D eigenvalue weighted by Gasteiger charge is -2.11. The first-order valence-electron chi connectivity index (χ1n) is 7.32. The van der Waals surface area contributed by atoms with Crippen molar-refractivity contribution in [2.45, 2.75) is 19.7 Å². The lowest BCUT2D eigenvalue weighted by atomic mass is 10.2. The minimum Gasteiger partial charge on any atom is -0.466 e. The van der Waals surface area contributed by atoms with E-state index < -0.39 is 35.3 Å². The lowest BCUT2D eigenvalue weighted by Crippen LogP contribution is -2.18. The van der Waals surface area contributed by atoms with E-state index in [1.54, 1.807) is 6.92 Å². The molecule has 0 aliphatic heterocycles. The Balaban J connectivity index is 2.11. The van der Waals surface area contributed by atoms with E-state index in [0.29, 0.717) is 24.0 Å². The van der Waals surface area contributed by atoms with E-state index >= 15 is 0 Å². The number of esters is 1. The molecule has 0 spiro atoms. The maximum absolute atomic E-state index is 13.8. The average molecular weight is 409 g/mol. The molecule has 0 bridgehead atoms. The summed E-state index contributed by atoms with van der Waals surface area (Å²) in [4.78, 5) is 15.4. The second-order valence-electron chi connectivity index (χ2n) is 4.82. The van der Waals surface area contributed by atoms with Crippen molar-refractivity contribution in [1.29, 1.82) is 0 Å². The number of thiazole rings is 1. The van der Waals surface area contributed by atoms with Crippen LogP contribution in [0, 0.1) is 11.6 Å². The second-order valence-corrected chi connectivity index (χ2v) is 5.67.